The molecule has 128 valence electrons. The molecule has 3 rings (SSSR count). The van der Waals surface area contributed by atoms with Gasteiger partial charge in [-0.2, -0.15) is 0 Å². The first-order valence-corrected chi connectivity index (χ1v) is 10.0. The SMILES string of the molecule is Cc1ccc(S(=O)(=O)N(C)C)cc1C(=O)N1CCc2sccc2C1. The van der Waals surface area contributed by atoms with Crippen LogP contribution in [0.3, 0.4) is 0 Å². The quantitative estimate of drug-likeness (QED) is 0.841. The molecule has 0 saturated heterocycles. The minimum absolute atomic E-state index is 0.111. The highest BCUT2D eigenvalue weighted by Crippen LogP contribution is 2.26. The number of sulfonamides is 1. The van der Waals surface area contributed by atoms with Crippen LogP contribution in [0.15, 0.2) is 34.5 Å². The summed E-state index contributed by atoms with van der Waals surface area (Å²) in [7, 11) is -0.585. The Labute approximate surface area is 146 Å². The van der Waals surface area contributed by atoms with Gasteiger partial charge in [0.15, 0.2) is 0 Å². The maximum atomic E-state index is 12.9. The van der Waals surface area contributed by atoms with Gasteiger partial charge in [-0.15, -0.1) is 11.3 Å². The topological polar surface area (TPSA) is 57.7 Å². The van der Waals surface area contributed by atoms with Crippen molar-refractivity contribution in [3.63, 3.8) is 0 Å². The number of thiophene rings is 1. The average Bonchev–Trinajstić information content (AvgIpc) is 3.01. The van der Waals surface area contributed by atoms with Gasteiger partial charge in [-0.05, 0) is 48.1 Å². The Bertz CT molecular complexity index is 885. The highest BCUT2D eigenvalue weighted by atomic mass is 32.2. The van der Waals surface area contributed by atoms with Gasteiger partial charge in [0.2, 0.25) is 10.0 Å². The molecule has 1 aliphatic heterocycles. The number of nitrogens with zero attached hydrogens (tertiary/aromatic N) is 2. The molecule has 1 aromatic carbocycles. The van der Waals surface area contributed by atoms with Gasteiger partial charge in [0.05, 0.1) is 4.90 Å². The third kappa shape index (κ3) is 2.99. The third-order valence-corrected chi connectivity index (χ3v) is 7.15. The monoisotopic (exact) mass is 364 g/mol. The smallest absolute Gasteiger partial charge is 0.254 e. The number of rotatable bonds is 3. The second-order valence-corrected chi connectivity index (χ2v) is 9.26. The Morgan fingerprint density at radius 3 is 2.71 bits per heavy atom. The number of benzene rings is 1. The molecule has 2 aromatic rings. The van der Waals surface area contributed by atoms with E-state index >= 15 is 0 Å². The van der Waals surface area contributed by atoms with E-state index in [0.29, 0.717) is 18.7 Å². The van der Waals surface area contributed by atoms with Gasteiger partial charge in [0.25, 0.3) is 5.91 Å². The fraction of sp³-hybridized carbons (Fsp3) is 0.353. The van der Waals surface area contributed by atoms with E-state index < -0.39 is 10.0 Å². The van der Waals surface area contributed by atoms with E-state index in [1.807, 2.05) is 12.3 Å². The summed E-state index contributed by atoms with van der Waals surface area (Å²) in [4.78, 5) is 16.2. The van der Waals surface area contributed by atoms with Gasteiger partial charge < -0.3 is 4.90 Å². The fourth-order valence-electron chi connectivity index (χ4n) is 2.79. The number of hydrogen-bond acceptors (Lipinski definition) is 4. The van der Waals surface area contributed by atoms with Crippen LogP contribution in [0.1, 0.15) is 26.4 Å². The Balaban J connectivity index is 1.93. The van der Waals surface area contributed by atoms with Crippen LogP contribution in [-0.4, -0.2) is 44.2 Å². The lowest BCUT2D eigenvalue weighted by Gasteiger charge is -2.27. The van der Waals surface area contributed by atoms with Gasteiger partial charge in [0, 0.05) is 37.6 Å². The molecule has 0 N–H and O–H groups in total. The summed E-state index contributed by atoms with van der Waals surface area (Å²) < 4.78 is 25.8. The van der Waals surface area contributed by atoms with Crippen LogP contribution in [-0.2, 0) is 23.0 Å². The lowest BCUT2D eigenvalue weighted by atomic mass is 10.0. The number of fused-ring (bicyclic) bond motifs is 1. The minimum Gasteiger partial charge on any atom is -0.334 e. The summed E-state index contributed by atoms with van der Waals surface area (Å²) in [5.41, 5.74) is 2.43. The molecule has 0 aliphatic carbocycles. The molecule has 5 nitrogen and oxygen atoms in total. The molecule has 2 heterocycles. The molecule has 0 saturated carbocycles. The first-order valence-electron chi connectivity index (χ1n) is 7.68. The molecule has 24 heavy (non-hydrogen) atoms. The van der Waals surface area contributed by atoms with Crippen LogP contribution in [0.2, 0.25) is 0 Å². The molecule has 0 unspecified atom stereocenters. The van der Waals surface area contributed by atoms with Crippen LogP contribution in [0.25, 0.3) is 0 Å². The van der Waals surface area contributed by atoms with Crippen LogP contribution < -0.4 is 0 Å². The second kappa shape index (κ2) is 6.31. The average molecular weight is 364 g/mol. The number of aryl methyl sites for hydroxylation is 1. The number of carbonyl (C=O) groups is 1. The molecule has 0 radical (unpaired) electrons. The summed E-state index contributed by atoms with van der Waals surface area (Å²) in [6, 6.07) is 6.80. The Morgan fingerprint density at radius 1 is 1.25 bits per heavy atom. The molecule has 1 amide bonds. The van der Waals surface area contributed by atoms with Crippen molar-refractivity contribution in [2.24, 2.45) is 0 Å². The predicted octanol–water partition coefficient (Wildman–Crippen LogP) is 2.51. The maximum absolute atomic E-state index is 12.9. The van der Waals surface area contributed by atoms with E-state index in [1.165, 1.54) is 30.6 Å². The van der Waals surface area contributed by atoms with E-state index in [9.17, 15) is 13.2 Å². The largest absolute Gasteiger partial charge is 0.334 e. The predicted molar refractivity (Wildman–Crippen MR) is 94.8 cm³/mol. The zero-order chi connectivity index (χ0) is 17.5. The highest BCUT2D eigenvalue weighted by Gasteiger charge is 2.25. The first kappa shape index (κ1) is 17.1. The summed E-state index contributed by atoms with van der Waals surface area (Å²) in [6.45, 7) is 3.08. The molecular weight excluding hydrogens is 344 g/mol. The Hall–Kier alpha value is -1.70. The van der Waals surface area contributed by atoms with Crippen molar-refractivity contribution in [1.82, 2.24) is 9.21 Å². The molecule has 0 atom stereocenters. The molecule has 1 aromatic heterocycles. The molecule has 1 aliphatic rings. The molecule has 0 fully saturated rings. The van der Waals surface area contributed by atoms with Crippen LogP contribution >= 0.6 is 11.3 Å². The van der Waals surface area contributed by atoms with Crippen molar-refractivity contribution in [2.45, 2.75) is 24.8 Å². The van der Waals surface area contributed by atoms with E-state index in [1.54, 1.807) is 28.4 Å². The van der Waals surface area contributed by atoms with Crippen molar-refractivity contribution in [2.75, 3.05) is 20.6 Å². The van der Waals surface area contributed by atoms with Gasteiger partial charge in [-0.3, -0.25) is 4.79 Å². The van der Waals surface area contributed by atoms with Crippen LogP contribution in [0.5, 0.6) is 0 Å². The van der Waals surface area contributed by atoms with Crippen molar-refractivity contribution < 1.29 is 13.2 Å². The van der Waals surface area contributed by atoms with Gasteiger partial charge in [-0.25, -0.2) is 12.7 Å². The van der Waals surface area contributed by atoms with E-state index in [0.717, 1.165) is 16.3 Å². The lowest BCUT2D eigenvalue weighted by molar-refractivity contribution is 0.0735. The standard InChI is InChI=1S/C17H20N2O3S2/c1-12-4-5-14(24(21,22)18(2)3)10-15(12)17(20)19-8-6-16-13(11-19)7-9-23-16/h4-5,7,9-10H,6,8,11H2,1-3H3. The highest BCUT2D eigenvalue weighted by molar-refractivity contribution is 7.89. The molecule has 0 bridgehead atoms. The third-order valence-electron chi connectivity index (χ3n) is 4.31. The molecule has 0 spiro atoms. The van der Waals surface area contributed by atoms with Crippen LogP contribution in [0, 0.1) is 6.92 Å². The number of hydrogen-bond donors (Lipinski definition) is 0. The number of carbonyl (C=O) groups excluding carboxylic acids is 1. The van der Waals surface area contributed by atoms with Gasteiger partial charge in [-0.1, -0.05) is 6.07 Å². The fourth-order valence-corrected chi connectivity index (χ4v) is 4.61. The number of amides is 1. The zero-order valence-corrected chi connectivity index (χ0v) is 15.6. The summed E-state index contributed by atoms with van der Waals surface area (Å²) >= 11 is 1.72. The minimum atomic E-state index is -3.56. The first-order chi connectivity index (χ1) is 11.3. The zero-order valence-electron chi connectivity index (χ0n) is 13.9. The Kier molecular flexibility index (Phi) is 4.50. The Morgan fingerprint density at radius 2 is 2.00 bits per heavy atom. The summed E-state index contributed by atoms with van der Waals surface area (Å²) in [5.74, 6) is -0.111. The summed E-state index contributed by atoms with van der Waals surface area (Å²) in [5, 5.41) is 2.05. The normalized spacial score (nSPS) is 14.8. The van der Waals surface area contributed by atoms with Crippen molar-refractivity contribution >= 4 is 27.3 Å². The van der Waals surface area contributed by atoms with Crippen molar-refractivity contribution in [1.29, 1.82) is 0 Å². The molecular formula is C17H20N2O3S2. The van der Waals surface area contributed by atoms with Crippen molar-refractivity contribution in [3.05, 3.63) is 51.2 Å². The van der Waals surface area contributed by atoms with Crippen LogP contribution in [0.4, 0.5) is 0 Å². The lowest BCUT2D eigenvalue weighted by Crippen LogP contribution is -2.35. The van der Waals surface area contributed by atoms with E-state index in [-0.39, 0.29) is 10.8 Å². The van der Waals surface area contributed by atoms with Crippen molar-refractivity contribution in [3.8, 4) is 0 Å². The summed E-state index contributed by atoms with van der Waals surface area (Å²) in [6.07, 6.45) is 0.855. The van der Waals surface area contributed by atoms with E-state index in [4.69, 9.17) is 0 Å². The molecule has 7 heteroatoms. The van der Waals surface area contributed by atoms with Gasteiger partial charge in [0.1, 0.15) is 0 Å². The maximum Gasteiger partial charge on any atom is 0.254 e. The second-order valence-electron chi connectivity index (χ2n) is 6.11. The van der Waals surface area contributed by atoms with Gasteiger partial charge >= 0.3 is 0 Å². The van der Waals surface area contributed by atoms with E-state index in [2.05, 4.69) is 6.07 Å².